The van der Waals surface area contributed by atoms with Gasteiger partial charge in [-0.05, 0) is 42.8 Å². The van der Waals surface area contributed by atoms with Crippen LogP contribution in [0.5, 0.6) is 5.75 Å². The van der Waals surface area contributed by atoms with Gasteiger partial charge in [0.25, 0.3) is 5.91 Å². The second-order valence-corrected chi connectivity index (χ2v) is 6.12. The molecule has 0 aromatic heterocycles. The monoisotopic (exact) mass is 381 g/mol. The van der Waals surface area contributed by atoms with E-state index in [1.165, 1.54) is 0 Å². The Hall–Kier alpha value is -2.24. The first-order valence-electron chi connectivity index (χ1n) is 7.53. The summed E-state index contributed by atoms with van der Waals surface area (Å²) in [6.07, 6.45) is 0. The number of halogens is 2. The van der Waals surface area contributed by atoms with Crippen molar-refractivity contribution < 1.29 is 19.1 Å². The predicted octanol–water partition coefficient (Wildman–Crippen LogP) is 3.79. The van der Waals surface area contributed by atoms with E-state index >= 15 is 0 Å². The number of carbonyl (C=O) groups excluding carboxylic acids is 2. The molecule has 0 unspecified atom stereocenters. The van der Waals surface area contributed by atoms with Crippen LogP contribution >= 0.6 is 23.2 Å². The summed E-state index contributed by atoms with van der Waals surface area (Å²) < 4.78 is 10.1. The van der Waals surface area contributed by atoms with Gasteiger partial charge in [-0.1, -0.05) is 41.4 Å². The second-order valence-electron chi connectivity index (χ2n) is 5.25. The fourth-order valence-corrected chi connectivity index (χ4v) is 2.41. The Morgan fingerprint density at radius 1 is 1.04 bits per heavy atom. The van der Waals surface area contributed by atoms with Crippen molar-refractivity contribution >= 4 is 35.1 Å². The van der Waals surface area contributed by atoms with Crippen molar-refractivity contribution in [3.8, 4) is 5.75 Å². The van der Waals surface area contributed by atoms with Crippen LogP contribution in [0.25, 0.3) is 0 Å². The zero-order valence-corrected chi connectivity index (χ0v) is 15.0. The standard InChI is InChI=1S/C18H17Cl2NO4/c1-12(13-4-2-5-14(19)8-13)21-17(22)10-25-18(23)11-24-16-7-3-6-15(20)9-16/h2-9,12H,10-11H2,1H3,(H,21,22)/t12-/m0/s1. The fraction of sp³-hybridized carbons (Fsp3) is 0.222. The van der Waals surface area contributed by atoms with Gasteiger partial charge in [0.2, 0.25) is 0 Å². The smallest absolute Gasteiger partial charge is 0.344 e. The van der Waals surface area contributed by atoms with E-state index in [1.807, 2.05) is 13.0 Å². The lowest BCUT2D eigenvalue weighted by Crippen LogP contribution is -2.31. The summed E-state index contributed by atoms with van der Waals surface area (Å²) in [7, 11) is 0. The number of carbonyl (C=O) groups is 2. The summed E-state index contributed by atoms with van der Waals surface area (Å²) in [6, 6.07) is 13.5. The molecule has 0 aliphatic heterocycles. The first-order chi connectivity index (χ1) is 11.9. The van der Waals surface area contributed by atoms with Crippen molar-refractivity contribution in [1.82, 2.24) is 5.32 Å². The summed E-state index contributed by atoms with van der Waals surface area (Å²) in [5, 5.41) is 3.81. The Bertz CT molecular complexity index is 751. The number of esters is 1. The molecule has 0 spiro atoms. The molecule has 25 heavy (non-hydrogen) atoms. The molecule has 0 radical (unpaired) electrons. The van der Waals surface area contributed by atoms with Crippen LogP contribution in [0.1, 0.15) is 18.5 Å². The highest BCUT2D eigenvalue weighted by Gasteiger charge is 2.12. The van der Waals surface area contributed by atoms with Crippen LogP contribution in [0.3, 0.4) is 0 Å². The van der Waals surface area contributed by atoms with Crippen LogP contribution in [0.4, 0.5) is 0 Å². The lowest BCUT2D eigenvalue weighted by molar-refractivity contribution is -0.150. The van der Waals surface area contributed by atoms with Crippen LogP contribution in [0.15, 0.2) is 48.5 Å². The van der Waals surface area contributed by atoms with Crippen LogP contribution in [0.2, 0.25) is 10.0 Å². The maximum Gasteiger partial charge on any atom is 0.344 e. The van der Waals surface area contributed by atoms with Gasteiger partial charge in [-0.3, -0.25) is 4.79 Å². The quantitative estimate of drug-likeness (QED) is 0.740. The SMILES string of the molecule is C[C@H](NC(=O)COC(=O)COc1cccc(Cl)c1)c1cccc(Cl)c1. The molecule has 2 rings (SSSR count). The number of hydrogen-bond acceptors (Lipinski definition) is 4. The van der Waals surface area contributed by atoms with Gasteiger partial charge in [-0.2, -0.15) is 0 Å². The van der Waals surface area contributed by atoms with E-state index in [2.05, 4.69) is 5.32 Å². The van der Waals surface area contributed by atoms with E-state index in [9.17, 15) is 9.59 Å². The molecule has 0 aliphatic carbocycles. The zero-order valence-electron chi connectivity index (χ0n) is 13.5. The maximum absolute atomic E-state index is 11.9. The molecule has 0 aliphatic rings. The van der Waals surface area contributed by atoms with Crippen molar-refractivity contribution in [2.24, 2.45) is 0 Å². The van der Waals surface area contributed by atoms with Crippen molar-refractivity contribution in [1.29, 1.82) is 0 Å². The Morgan fingerprint density at radius 3 is 2.40 bits per heavy atom. The minimum Gasteiger partial charge on any atom is -0.482 e. The fourth-order valence-electron chi connectivity index (χ4n) is 2.03. The van der Waals surface area contributed by atoms with Gasteiger partial charge in [0.15, 0.2) is 13.2 Å². The number of rotatable bonds is 7. The Balaban J connectivity index is 1.73. The summed E-state index contributed by atoms with van der Waals surface area (Å²) in [5.41, 5.74) is 0.858. The first-order valence-corrected chi connectivity index (χ1v) is 8.28. The maximum atomic E-state index is 11.9. The lowest BCUT2D eigenvalue weighted by atomic mass is 10.1. The topological polar surface area (TPSA) is 64.6 Å². The number of hydrogen-bond donors (Lipinski definition) is 1. The highest BCUT2D eigenvalue weighted by atomic mass is 35.5. The molecular formula is C18H17Cl2NO4. The third kappa shape index (κ3) is 6.64. The summed E-state index contributed by atoms with van der Waals surface area (Å²) in [5.74, 6) is -0.613. The normalized spacial score (nSPS) is 11.5. The van der Waals surface area contributed by atoms with Crippen LogP contribution in [-0.4, -0.2) is 25.1 Å². The molecule has 1 amide bonds. The minimum absolute atomic E-state index is 0.257. The highest BCUT2D eigenvalue weighted by Crippen LogP contribution is 2.18. The number of amides is 1. The minimum atomic E-state index is -0.648. The van der Waals surface area contributed by atoms with Gasteiger partial charge in [0.05, 0.1) is 6.04 Å². The number of nitrogens with one attached hydrogen (secondary N) is 1. The largest absolute Gasteiger partial charge is 0.482 e. The molecular weight excluding hydrogens is 365 g/mol. The van der Waals surface area contributed by atoms with Gasteiger partial charge in [-0.15, -0.1) is 0 Å². The van der Waals surface area contributed by atoms with Gasteiger partial charge in [0.1, 0.15) is 5.75 Å². The molecule has 1 atom stereocenters. The number of ether oxygens (including phenoxy) is 2. The molecule has 0 bridgehead atoms. The van der Waals surface area contributed by atoms with Gasteiger partial charge in [0, 0.05) is 10.0 Å². The molecule has 0 fully saturated rings. The summed E-state index contributed by atoms with van der Waals surface area (Å²) in [4.78, 5) is 23.5. The Labute approximate surface area is 155 Å². The van der Waals surface area contributed by atoms with Crippen molar-refractivity contribution in [2.75, 3.05) is 13.2 Å². The molecule has 1 N–H and O–H groups in total. The van der Waals surface area contributed by atoms with Gasteiger partial charge in [-0.25, -0.2) is 4.79 Å². The molecule has 2 aromatic carbocycles. The number of benzene rings is 2. The van der Waals surface area contributed by atoms with Crippen molar-refractivity contribution in [2.45, 2.75) is 13.0 Å². The van der Waals surface area contributed by atoms with Crippen LogP contribution in [-0.2, 0) is 14.3 Å². The molecule has 0 saturated heterocycles. The average Bonchev–Trinajstić information content (AvgIpc) is 2.58. The summed E-state index contributed by atoms with van der Waals surface area (Å²) in [6.45, 7) is 1.12. The summed E-state index contributed by atoms with van der Waals surface area (Å²) >= 11 is 11.7. The molecule has 0 saturated carbocycles. The van der Waals surface area contributed by atoms with Crippen molar-refractivity contribution in [3.05, 3.63) is 64.1 Å². The highest BCUT2D eigenvalue weighted by molar-refractivity contribution is 6.30. The Kier molecular flexibility index (Phi) is 7.10. The van der Waals surface area contributed by atoms with E-state index in [0.29, 0.717) is 15.8 Å². The molecule has 2 aromatic rings. The molecule has 5 nitrogen and oxygen atoms in total. The molecule has 7 heteroatoms. The first kappa shape index (κ1) is 19.1. The van der Waals surface area contributed by atoms with Crippen LogP contribution in [0, 0.1) is 0 Å². The van der Waals surface area contributed by atoms with E-state index in [4.69, 9.17) is 32.7 Å². The van der Waals surface area contributed by atoms with Gasteiger partial charge < -0.3 is 14.8 Å². The van der Waals surface area contributed by atoms with E-state index in [-0.39, 0.29) is 19.3 Å². The third-order valence-corrected chi connectivity index (χ3v) is 3.71. The molecule has 132 valence electrons. The van der Waals surface area contributed by atoms with Gasteiger partial charge >= 0.3 is 5.97 Å². The van der Waals surface area contributed by atoms with E-state index < -0.39 is 11.9 Å². The van der Waals surface area contributed by atoms with E-state index in [0.717, 1.165) is 5.56 Å². The van der Waals surface area contributed by atoms with Crippen LogP contribution < -0.4 is 10.1 Å². The zero-order chi connectivity index (χ0) is 18.2. The molecule has 0 heterocycles. The van der Waals surface area contributed by atoms with Crippen molar-refractivity contribution in [3.63, 3.8) is 0 Å². The second kappa shape index (κ2) is 9.30. The average molecular weight is 382 g/mol. The Morgan fingerprint density at radius 2 is 1.72 bits per heavy atom. The third-order valence-electron chi connectivity index (χ3n) is 3.24. The lowest BCUT2D eigenvalue weighted by Gasteiger charge is -2.14. The predicted molar refractivity (Wildman–Crippen MR) is 95.9 cm³/mol. The van der Waals surface area contributed by atoms with E-state index in [1.54, 1.807) is 42.5 Å².